The molecule has 2 N–H and O–H groups in total. The van der Waals surface area contributed by atoms with E-state index in [1.807, 2.05) is 25.1 Å². The van der Waals surface area contributed by atoms with E-state index in [-0.39, 0.29) is 30.0 Å². The number of rotatable bonds is 5. The van der Waals surface area contributed by atoms with Gasteiger partial charge >= 0.3 is 6.18 Å². The molecule has 0 spiro atoms. The first kappa shape index (κ1) is 23.8. The van der Waals surface area contributed by atoms with Crippen LogP contribution in [0.2, 0.25) is 0 Å². The summed E-state index contributed by atoms with van der Waals surface area (Å²) in [6.45, 7) is 4.25. The molecule has 0 radical (unpaired) electrons. The van der Waals surface area contributed by atoms with Crippen molar-refractivity contribution in [3.8, 4) is 11.5 Å². The summed E-state index contributed by atoms with van der Waals surface area (Å²) in [5.41, 5.74) is 0.978. The molecule has 164 valence electrons. The lowest BCUT2D eigenvalue weighted by molar-refractivity contribution is -0.143. The largest absolute Gasteiger partial charge is 0.490 e. The number of guanidine groups is 1. The van der Waals surface area contributed by atoms with Gasteiger partial charge in [-0.05, 0) is 31.0 Å². The minimum absolute atomic E-state index is 0. The highest BCUT2D eigenvalue weighted by Gasteiger charge is 2.34. The summed E-state index contributed by atoms with van der Waals surface area (Å²) in [5.74, 6) is 2.07. The number of nitrogens with one attached hydrogen (secondary N) is 2. The van der Waals surface area contributed by atoms with E-state index < -0.39 is 12.7 Å². The van der Waals surface area contributed by atoms with Crippen LogP contribution >= 0.6 is 24.0 Å². The van der Waals surface area contributed by atoms with Crippen molar-refractivity contribution in [2.24, 2.45) is 4.99 Å². The second kappa shape index (κ2) is 11.1. The number of aliphatic imine (C=N–C) groups is 1. The molecule has 1 aromatic rings. The highest BCUT2D eigenvalue weighted by atomic mass is 127. The van der Waals surface area contributed by atoms with Crippen LogP contribution < -0.4 is 20.1 Å². The molecule has 1 fully saturated rings. The lowest BCUT2D eigenvalue weighted by Gasteiger charge is -2.19. The molecule has 0 aromatic heterocycles. The molecule has 3 rings (SSSR count). The Hall–Kier alpha value is -1.43. The molecule has 2 aliphatic rings. The van der Waals surface area contributed by atoms with Crippen LogP contribution in [-0.2, 0) is 6.54 Å². The molecular weight excluding hydrogens is 500 g/mol. The van der Waals surface area contributed by atoms with Crippen molar-refractivity contribution in [1.29, 1.82) is 0 Å². The van der Waals surface area contributed by atoms with E-state index in [1.165, 1.54) is 4.90 Å². The Labute approximate surface area is 186 Å². The molecule has 29 heavy (non-hydrogen) atoms. The second-order valence-corrected chi connectivity index (χ2v) is 7.01. The number of hydrogen-bond donors (Lipinski definition) is 2. The first-order valence-corrected chi connectivity index (χ1v) is 9.65. The molecule has 6 nitrogen and oxygen atoms in total. The molecule has 0 amide bonds. The number of nitrogens with zero attached hydrogens (tertiary/aromatic N) is 2. The van der Waals surface area contributed by atoms with Crippen molar-refractivity contribution in [3.05, 3.63) is 23.8 Å². The van der Waals surface area contributed by atoms with Crippen molar-refractivity contribution < 1.29 is 22.6 Å². The maximum Gasteiger partial charge on any atom is 0.401 e. The third-order valence-electron chi connectivity index (χ3n) is 4.59. The van der Waals surface area contributed by atoms with Gasteiger partial charge in [-0.3, -0.25) is 4.90 Å². The molecule has 1 aromatic carbocycles. The van der Waals surface area contributed by atoms with Crippen molar-refractivity contribution in [3.63, 3.8) is 0 Å². The molecule has 0 saturated carbocycles. The second-order valence-electron chi connectivity index (χ2n) is 7.01. The van der Waals surface area contributed by atoms with Crippen LogP contribution in [0, 0.1) is 0 Å². The third kappa shape index (κ3) is 7.72. The van der Waals surface area contributed by atoms with Gasteiger partial charge in [-0.1, -0.05) is 6.07 Å². The van der Waals surface area contributed by atoms with Crippen molar-refractivity contribution in [1.82, 2.24) is 15.5 Å². The van der Waals surface area contributed by atoms with E-state index in [4.69, 9.17) is 9.47 Å². The van der Waals surface area contributed by atoms with Crippen LogP contribution in [-0.4, -0.2) is 62.5 Å². The van der Waals surface area contributed by atoms with Crippen molar-refractivity contribution in [2.45, 2.75) is 38.5 Å². The summed E-state index contributed by atoms with van der Waals surface area (Å²) in [7, 11) is 0. The zero-order chi connectivity index (χ0) is 20.0. The Morgan fingerprint density at radius 3 is 2.72 bits per heavy atom. The van der Waals surface area contributed by atoms with Gasteiger partial charge in [0.1, 0.15) is 0 Å². The maximum absolute atomic E-state index is 12.6. The summed E-state index contributed by atoms with van der Waals surface area (Å²) in [5, 5.41) is 6.41. The first-order chi connectivity index (χ1) is 13.4. The molecule has 1 unspecified atom stereocenters. The van der Waals surface area contributed by atoms with Gasteiger partial charge in [0, 0.05) is 32.1 Å². The van der Waals surface area contributed by atoms with Gasteiger partial charge in [0.15, 0.2) is 17.5 Å². The zero-order valence-electron chi connectivity index (χ0n) is 16.4. The number of halogens is 4. The Bertz CT molecular complexity index is 688. The molecular formula is C19H28F3IN4O2. The van der Waals surface area contributed by atoms with E-state index in [9.17, 15) is 13.2 Å². The smallest absolute Gasteiger partial charge is 0.401 e. The maximum atomic E-state index is 12.6. The predicted molar refractivity (Wildman–Crippen MR) is 116 cm³/mol. The Morgan fingerprint density at radius 2 is 2.00 bits per heavy atom. The number of hydrogen-bond acceptors (Lipinski definition) is 4. The van der Waals surface area contributed by atoms with Gasteiger partial charge in [-0.25, -0.2) is 4.99 Å². The lowest BCUT2D eigenvalue weighted by Crippen LogP contribution is -2.45. The fourth-order valence-corrected chi connectivity index (χ4v) is 3.34. The SMILES string of the molecule is CCNC(=NCc1ccc2c(c1)OCCCO2)NC1CCN(CC(F)(F)F)C1.I. The molecule has 1 saturated heterocycles. The first-order valence-electron chi connectivity index (χ1n) is 9.65. The van der Waals surface area contributed by atoms with Gasteiger partial charge < -0.3 is 20.1 Å². The molecule has 1 atom stereocenters. The van der Waals surface area contributed by atoms with Gasteiger partial charge in [0.2, 0.25) is 0 Å². The Morgan fingerprint density at radius 1 is 1.24 bits per heavy atom. The fraction of sp³-hybridized carbons (Fsp3) is 0.632. The quantitative estimate of drug-likeness (QED) is 0.350. The van der Waals surface area contributed by atoms with Crippen LogP contribution in [0.3, 0.4) is 0 Å². The van der Waals surface area contributed by atoms with E-state index in [1.54, 1.807) is 0 Å². The molecule has 2 heterocycles. The number of benzene rings is 1. The number of ether oxygens (including phenoxy) is 2. The van der Waals surface area contributed by atoms with Crippen LogP contribution in [0.5, 0.6) is 11.5 Å². The van der Waals surface area contributed by atoms with Gasteiger partial charge in [0.05, 0.1) is 26.3 Å². The Balaban J connectivity index is 0.00000300. The topological polar surface area (TPSA) is 58.1 Å². The van der Waals surface area contributed by atoms with Crippen LogP contribution in [0.15, 0.2) is 23.2 Å². The summed E-state index contributed by atoms with van der Waals surface area (Å²) in [4.78, 5) is 6.00. The minimum atomic E-state index is -4.16. The highest BCUT2D eigenvalue weighted by Crippen LogP contribution is 2.30. The number of likely N-dealkylation sites (tertiary alicyclic amines) is 1. The normalized spacial score (nSPS) is 20.0. The van der Waals surface area contributed by atoms with Crippen LogP contribution in [0.4, 0.5) is 13.2 Å². The van der Waals surface area contributed by atoms with E-state index in [0.29, 0.717) is 51.8 Å². The molecule has 0 bridgehead atoms. The van der Waals surface area contributed by atoms with E-state index in [2.05, 4.69) is 15.6 Å². The van der Waals surface area contributed by atoms with Crippen LogP contribution in [0.25, 0.3) is 0 Å². The molecule has 0 aliphatic carbocycles. The summed E-state index contributed by atoms with van der Waals surface area (Å²) in [6.07, 6.45) is -2.65. The van der Waals surface area contributed by atoms with E-state index >= 15 is 0 Å². The Kier molecular flexibility index (Phi) is 9.12. The average molecular weight is 528 g/mol. The van der Waals surface area contributed by atoms with Gasteiger partial charge in [0.25, 0.3) is 0 Å². The number of alkyl halides is 3. The summed E-state index contributed by atoms with van der Waals surface area (Å²) in [6, 6.07) is 5.71. The van der Waals surface area contributed by atoms with Crippen molar-refractivity contribution in [2.75, 3.05) is 39.4 Å². The standard InChI is InChI=1S/C19H27F3N4O2.HI/c1-2-23-18(25-15-6-7-26(12-15)13-19(20,21)22)24-11-14-4-5-16-17(10-14)28-9-3-8-27-16;/h4-5,10,15H,2-3,6-9,11-13H2,1H3,(H2,23,24,25);1H. The van der Waals surface area contributed by atoms with Crippen molar-refractivity contribution >= 4 is 29.9 Å². The zero-order valence-corrected chi connectivity index (χ0v) is 18.8. The van der Waals surface area contributed by atoms with Gasteiger partial charge in [-0.2, -0.15) is 13.2 Å². The fourth-order valence-electron chi connectivity index (χ4n) is 3.34. The summed E-state index contributed by atoms with van der Waals surface area (Å²) >= 11 is 0. The number of fused-ring (bicyclic) bond motifs is 1. The van der Waals surface area contributed by atoms with Gasteiger partial charge in [-0.15, -0.1) is 24.0 Å². The van der Waals surface area contributed by atoms with Crippen LogP contribution in [0.1, 0.15) is 25.3 Å². The monoisotopic (exact) mass is 528 g/mol. The predicted octanol–water partition coefficient (Wildman–Crippen LogP) is 3.16. The minimum Gasteiger partial charge on any atom is -0.490 e. The molecule has 2 aliphatic heterocycles. The summed E-state index contributed by atoms with van der Waals surface area (Å²) < 4.78 is 49.0. The average Bonchev–Trinajstić information content (AvgIpc) is 2.92. The lowest BCUT2D eigenvalue weighted by atomic mass is 10.2. The molecule has 10 heteroatoms. The third-order valence-corrected chi connectivity index (χ3v) is 4.59. The highest BCUT2D eigenvalue weighted by molar-refractivity contribution is 14.0. The van der Waals surface area contributed by atoms with E-state index in [0.717, 1.165) is 23.5 Å².